The summed E-state index contributed by atoms with van der Waals surface area (Å²) in [7, 11) is 0. The maximum Gasteiger partial charge on any atom is 0.310 e. The number of hydrogen-bond donors (Lipinski definition) is 2. The van der Waals surface area contributed by atoms with E-state index in [4.69, 9.17) is 16.3 Å². The summed E-state index contributed by atoms with van der Waals surface area (Å²) >= 11 is 5.92. The van der Waals surface area contributed by atoms with Crippen LogP contribution in [0.4, 0.5) is 5.69 Å². The molecule has 0 unspecified atom stereocenters. The fourth-order valence-electron chi connectivity index (χ4n) is 2.86. The highest BCUT2D eigenvalue weighted by molar-refractivity contribution is 6.31. The van der Waals surface area contributed by atoms with Gasteiger partial charge in [0.05, 0.1) is 18.1 Å². The Morgan fingerprint density at radius 1 is 1.24 bits per heavy atom. The number of carbonyl (C=O) groups excluding carboxylic acids is 1. The van der Waals surface area contributed by atoms with Gasteiger partial charge >= 0.3 is 5.97 Å². The molecule has 2 aliphatic heterocycles. The minimum atomic E-state index is -1.02. The molecule has 0 spiro atoms. The minimum absolute atomic E-state index is 0.357. The molecule has 1 aromatic carbocycles. The van der Waals surface area contributed by atoms with Crippen LogP contribution in [0.25, 0.3) is 0 Å². The Bertz CT molecular complexity index is 643. The normalized spacial score (nSPS) is 29.6. The Balaban J connectivity index is 1.83. The van der Waals surface area contributed by atoms with Crippen LogP contribution in [0.3, 0.4) is 0 Å². The third kappa shape index (κ3) is 2.43. The highest BCUT2D eigenvalue weighted by Crippen LogP contribution is 2.40. The number of nitrogens with one attached hydrogen (secondary N) is 1. The van der Waals surface area contributed by atoms with Crippen molar-refractivity contribution >= 4 is 29.2 Å². The summed E-state index contributed by atoms with van der Waals surface area (Å²) in [6.07, 6.45) is 2.45. The summed E-state index contributed by atoms with van der Waals surface area (Å²) in [5.41, 5.74) is 1.45. The Kier molecular flexibility index (Phi) is 3.47. The highest BCUT2D eigenvalue weighted by Gasteiger charge is 2.53. The van der Waals surface area contributed by atoms with E-state index in [0.29, 0.717) is 10.7 Å². The van der Waals surface area contributed by atoms with E-state index in [9.17, 15) is 14.7 Å². The number of carboxylic acids is 1. The molecule has 3 rings (SSSR count). The summed E-state index contributed by atoms with van der Waals surface area (Å²) in [5.74, 6) is -2.95. The summed E-state index contributed by atoms with van der Waals surface area (Å²) < 4.78 is 5.49. The van der Waals surface area contributed by atoms with Crippen molar-refractivity contribution in [3.05, 3.63) is 40.9 Å². The van der Waals surface area contributed by atoms with Crippen molar-refractivity contribution in [2.24, 2.45) is 11.8 Å². The number of carbonyl (C=O) groups is 2. The van der Waals surface area contributed by atoms with Gasteiger partial charge in [-0.1, -0.05) is 29.8 Å². The van der Waals surface area contributed by atoms with Gasteiger partial charge in [-0.15, -0.1) is 0 Å². The summed E-state index contributed by atoms with van der Waals surface area (Å²) in [6, 6.07) is 5.17. The van der Waals surface area contributed by atoms with E-state index >= 15 is 0 Å². The number of halogens is 1. The fraction of sp³-hybridized carbons (Fsp3) is 0.333. The molecule has 0 saturated carbocycles. The number of benzene rings is 1. The highest BCUT2D eigenvalue weighted by atomic mass is 35.5. The molecule has 21 heavy (non-hydrogen) atoms. The van der Waals surface area contributed by atoms with Gasteiger partial charge in [0, 0.05) is 10.7 Å². The van der Waals surface area contributed by atoms with E-state index < -0.39 is 30.0 Å². The molecule has 4 atom stereocenters. The molecule has 0 aliphatic carbocycles. The van der Waals surface area contributed by atoms with Crippen LogP contribution in [0, 0.1) is 18.8 Å². The number of fused-ring (bicyclic) bond motifs is 2. The molecule has 2 aliphatic rings. The van der Waals surface area contributed by atoms with Crippen molar-refractivity contribution in [1.29, 1.82) is 0 Å². The molecule has 1 fully saturated rings. The molecule has 1 amide bonds. The first-order chi connectivity index (χ1) is 9.97. The zero-order chi connectivity index (χ0) is 15.1. The number of rotatable bonds is 3. The van der Waals surface area contributed by atoms with Crippen molar-refractivity contribution in [3.63, 3.8) is 0 Å². The van der Waals surface area contributed by atoms with Gasteiger partial charge in [0.25, 0.3) is 0 Å². The largest absolute Gasteiger partial charge is 0.481 e. The van der Waals surface area contributed by atoms with Gasteiger partial charge < -0.3 is 15.2 Å². The molecule has 1 aromatic rings. The number of amides is 1. The van der Waals surface area contributed by atoms with Gasteiger partial charge in [-0.05, 0) is 24.6 Å². The molecule has 110 valence electrons. The average Bonchev–Trinajstić information content (AvgIpc) is 3.03. The molecule has 2 heterocycles. The van der Waals surface area contributed by atoms with E-state index in [0.717, 1.165) is 5.56 Å². The van der Waals surface area contributed by atoms with E-state index in [1.54, 1.807) is 30.4 Å². The number of ether oxygens (including phenoxy) is 1. The fourth-order valence-corrected chi connectivity index (χ4v) is 3.03. The molecular formula is C15H14ClNO4. The predicted molar refractivity (Wildman–Crippen MR) is 77.2 cm³/mol. The van der Waals surface area contributed by atoms with Crippen molar-refractivity contribution in [1.82, 2.24) is 0 Å². The summed E-state index contributed by atoms with van der Waals surface area (Å²) in [6.45, 7) is 1.85. The van der Waals surface area contributed by atoms with Crippen LogP contribution in [-0.2, 0) is 14.3 Å². The van der Waals surface area contributed by atoms with Gasteiger partial charge in [0.2, 0.25) is 5.91 Å². The zero-order valence-electron chi connectivity index (χ0n) is 11.2. The third-order valence-corrected chi connectivity index (χ3v) is 4.18. The molecular weight excluding hydrogens is 294 g/mol. The summed E-state index contributed by atoms with van der Waals surface area (Å²) in [5, 5.41) is 12.6. The quantitative estimate of drug-likeness (QED) is 0.840. The topological polar surface area (TPSA) is 75.6 Å². The number of aryl methyl sites for hydroxylation is 1. The Morgan fingerprint density at radius 2 is 1.90 bits per heavy atom. The van der Waals surface area contributed by atoms with Gasteiger partial charge in [-0.3, -0.25) is 9.59 Å². The van der Waals surface area contributed by atoms with Crippen LogP contribution in [0.1, 0.15) is 5.56 Å². The lowest BCUT2D eigenvalue weighted by Crippen LogP contribution is -2.39. The number of hydrogen-bond acceptors (Lipinski definition) is 3. The maximum atomic E-state index is 12.5. The van der Waals surface area contributed by atoms with Crippen molar-refractivity contribution in [2.75, 3.05) is 5.32 Å². The first-order valence-electron chi connectivity index (χ1n) is 6.61. The van der Waals surface area contributed by atoms with E-state index in [-0.39, 0.29) is 5.91 Å². The minimum Gasteiger partial charge on any atom is -0.481 e. The van der Waals surface area contributed by atoms with E-state index in [2.05, 4.69) is 5.32 Å². The number of aliphatic carboxylic acids is 1. The lowest BCUT2D eigenvalue weighted by molar-refractivity contribution is -0.145. The zero-order valence-corrected chi connectivity index (χ0v) is 12.0. The molecule has 1 saturated heterocycles. The van der Waals surface area contributed by atoms with Gasteiger partial charge in [-0.25, -0.2) is 0 Å². The second kappa shape index (κ2) is 5.16. The molecule has 0 radical (unpaired) electrons. The molecule has 5 nitrogen and oxygen atoms in total. The van der Waals surface area contributed by atoms with Gasteiger partial charge in [0.1, 0.15) is 5.92 Å². The van der Waals surface area contributed by atoms with Crippen molar-refractivity contribution in [3.8, 4) is 0 Å². The first kappa shape index (κ1) is 14.1. The Morgan fingerprint density at radius 3 is 2.57 bits per heavy atom. The SMILES string of the molecule is Cc1ccc(Cl)cc1NC(=O)[C@H]1[C@@H](C(=O)O)[C@H]2C=C[C@H]1O2. The first-order valence-corrected chi connectivity index (χ1v) is 6.99. The number of anilines is 1. The monoisotopic (exact) mass is 307 g/mol. The van der Waals surface area contributed by atoms with Crippen LogP contribution in [0.5, 0.6) is 0 Å². The van der Waals surface area contributed by atoms with Crippen LogP contribution < -0.4 is 5.32 Å². The van der Waals surface area contributed by atoms with Crippen molar-refractivity contribution < 1.29 is 19.4 Å². The van der Waals surface area contributed by atoms with Crippen LogP contribution in [0.2, 0.25) is 5.02 Å². The van der Waals surface area contributed by atoms with Crippen LogP contribution in [0.15, 0.2) is 30.4 Å². The second-order valence-electron chi connectivity index (χ2n) is 5.29. The smallest absolute Gasteiger partial charge is 0.310 e. The molecule has 2 N–H and O–H groups in total. The average molecular weight is 308 g/mol. The molecule has 0 aromatic heterocycles. The van der Waals surface area contributed by atoms with Gasteiger partial charge in [0.15, 0.2) is 0 Å². The third-order valence-electron chi connectivity index (χ3n) is 3.94. The Labute approximate surface area is 126 Å². The van der Waals surface area contributed by atoms with Gasteiger partial charge in [-0.2, -0.15) is 0 Å². The van der Waals surface area contributed by atoms with Crippen molar-refractivity contribution in [2.45, 2.75) is 19.1 Å². The second-order valence-corrected chi connectivity index (χ2v) is 5.72. The lowest BCUT2D eigenvalue weighted by Gasteiger charge is -2.21. The molecule has 2 bridgehead atoms. The molecule has 6 heteroatoms. The van der Waals surface area contributed by atoms with E-state index in [1.807, 2.05) is 6.92 Å². The standard InChI is InChI=1S/C15H14ClNO4/c1-7-2-3-8(16)6-9(7)17-14(18)12-10-4-5-11(21-10)13(12)15(19)20/h2-6,10-13H,1H3,(H,17,18)(H,19,20)/t10-,11-,12-,13+/m1/s1. The Hall–Kier alpha value is -1.85. The summed E-state index contributed by atoms with van der Waals surface area (Å²) in [4.78, 5) is 23.8. The van der Waals surface area contributed by atoms with Crippen LogP contribution >= 0.6 is 11.6 Å². The van der Waals surface area contributed by atoms with Crippen LogP contribution in [-0.4, -0.2) is 29.2 Å². The maximum absolute atomic E-state index is 12.5. The predicted octanol–water partition coefficient (Wildman–Crippen LogP) is 2.24. The lowest BCUT2D eigenvalue weighted by atomic mass is 9.82. The van der Waals surface area contributed by atoms with E-state index in [1.165, 1.54) is 0 Å². The number of carboxylic acid groups (broad SMARTS) is 1.